The van der Waals surface area contributed by atoms with Gasteiger partial charge in [0.05, 0.1) is 0 Å². The van der Waals surface area contributed by atoms with Crippen molar-refractivity contribution in [2.24, 2.45) is 28.6 Å². The molecule has 2 atom stereocenters. The molecule has 14 heavy (non-hydrogen) atoms. The Bertz CT molecular complexity index is 186. The van der Waals surface area contributed by atoms with Crippen LogP contribution >= 0.6 is 0 Å². The van der Waals surface area contributed by atoms with E-state index in [1.54, 1.807) is 0 Å². The second kappa shape index (κ2) is 3.54. The lowest BCUT2D eigenvalue weighted by molar-refractivity contribution is -0.200. The van der Waals surface area contributed by atoms with Crippen LogP contribution in [-0.4, -0.2) is 0 Å². The Morgan fingerprint density at radius 2 is 1.29 bits per heavy atom. The summed E-state index contributed by atoms with van der Waals surface area (Å²) in [5, 5.41) is 0. The predicted octanol–water partition coefficient (Wildman–Crippen LogP) is 4.74. The minimum atomic E-state index is 0.572. The van der Waals surface area contributed by atoms with Gasteiger partial charge in [-0.3, -0.25) is 0 Å². The van der Waals surface area contributed by atoms with E-state index in [0.29, 0.717) is 10.8 Å². The average molecular weight is 196 g/mol. The summed E-state index contributed by atoms with van der Waals surface area (Å²) in [4.78, 5) is 0. The zero-order chi connectivity index (χ0) is 11.1. The first-order valence-corrected chi connectivity index (χ1v) is 6.33. The molecule has 1 rings (SSSR count). The van der Waals surface area contributed by atoms with Crippen LogP contribution in [0.15, 0.2) is 0 Å². The minimum Gasteiger partial charge on any atom is -0.0651 e. The van der Waals surface area contributed by atoms with Crippen molar-refractivity contribution in [3.8, 4) is 0 Å². The zero-order valence-electron chi connectivity index (χ0n) is 11.1. The molecule has 0 amide bonds. The number of hydrogen-bond acceptors (Lipinski definition) is 0. The lowest BCUT2D eigenvalue weighted by Gasteiger charge is -2.68. The summed E-state index contributed by atoms with van der Waals surface area (Å²) in [6, 6.07) is 0. The van der Waals surface area contributed by atoms with Crippen molar-refractivity contribution in [3.05, 3.63) is 0 Å². The quantitative estimate of drug-likeness (QED) is 0.611. The molecule has 0 bridgehead atoms. The Morgan fingerprint density at radius 3 is 1.50 bits per heavy atom. The van der Waals surface area contributed by atoms with Gasteiger partial charge in [-0.1, -0.05) is 61.3 Å². The summed E-state index contributed by atoms with van der Waals surface area (Å²) in [5.74, 6) is 2.66. The maximum atomic E-state index is 2.52. The van der Waals surface area contributed by atoms with Crippen molar-refractivity contribution in [2.45, 2.75) is 61.3 Å². The molecule has 84 valence electrons. The van der Waals surface area contributed by atoms with Crippen LogP contribution in [0.5, 0.6) is 0 Å². The van der Waals surface area contributed by atoms with Gasteiger partial charge in [0.15, 0.2) is 0 Å². The van der Waals surface area contributed by atoms with Crippen molar-refractivity contribution in [1.29, 1.82) is 0 Å². The van der Waals surface area contributed by atoms with Gasteiger partial charge in [0.25, 0.3) is 0 Å². The highest BCUT2D eigenvalue weighted by Gasteiger charge is 2.62. The van der Waals surface area contributed by atoms with Gasteiger partial charge in [0, 0.05) is 0 Å². The van der Waals surface area contributed by atoms with Gasteiger partial charge in [-0.2, -0.15) is 0 Å². The van der Waals surface area contributed by atoms with Crippen molar-refractivity contribution in [3.63, 3.8) is 0 Å². The summed E-state index contributed by atoms with van der Waals surface area (Å²) >= 11 is 0. The van der Waals surface area contributed by atoms with Crippen molar-refractivity contribution < 1.29 is 0 Å². The first kappa shape index (κ1) is 12.1. The summed E-state index contributed by atoms with van der Waals surface area (Å²) in [5.41, 5.74) is 1.16. The van der Waals surface area contributed by atoms with Gasteiger partial charge in [0.2, 0.25) is 0 Å². The molecular weight excluding hydrogens is 168 g/mol. The first-order chi connectivity index (χ1) is 6.33. The van der Waals surface area contributed by atoms with Crippen LogP contribution in [0.1, 0.15) is 61.3 Å². The fourth-order valence-electron chi connectivity index (χ4n) is 4.73. The van der Waals surface area contributed by atoms with Crippen LogP contribution in [0, 0.1) is 28.6 Å². The van der Waals surface area contributed by atoms with E-state index in [4.69, 9.17) is 0 Å². The van der Waals surface area contributed by atoms with E-state index in [2.05, 4.69) is 48.5 Å². The Hall–Kier alpha value is 0. The standard InChI is InChI=1S/C14H28/c1-8-11-13(5,6)12(9-2)14(11,7)10(3)4/h10-12H,8-9H2,1-7H3. The molecule has 1 aliphatic rings. The number of rotatable bonds is 3. The Labute approximate surface area is 90.5 Å². The molecular formula is C14H28. The molecule has 1 fully saturated rings. The third-order valence-electron chi connectivity index (χ3n) is 5.36. The van der Waals surface area contributed by atoms with E-state index in [1.165, 1.54) is 12.8 Å². The lowest BCUT2D eigenvalue weighted by atomic mass is 9.37. The topological polar surface area (TPSA) is 0 Å². The van der Waals surface area contributed by atoms with Crippen LogP contribution in [-0.2, 0) is 0 Å². The SMILES string of the molecule is CCC1C(C)(C)C(CC)C1(C)C(C)C. The van der Waals surface area contributed by atoms with Crippen LogP contribution in [0.3, 0.4) is 0 Å². The minimum absolute atomic E-state index is 0.572. The summed E-state index contributed by atoms with van der Waals surface area (Å²) in [6.07, 6.45) is 2.69. The molecule has 0 aliphatic heterocycles. The fourth-order valence-corrected chi connectivity index (χ4v) is 4.73. The maximum absolute atomic E-state index is 2.52. The van der Waals surface area contributed by atoms with Crippen LogP contribution in [0.4, 0.5) is 0 Å². The first-order valence-electron chi connectivity index (χ1n) is 6.33. The van der Waals surface area contributed by atoms with Gasteiger partial charge in [-0.05, 0) is 28.6 Å². The average Bonchev–Trinajstić information content (AvgIpc) is 2.03. The summed E-state index contributed by atoms with van der Waals surface area (Å²) in [6.45, 7) is 17.0. The van der Waals surface area contributed by atoms with E-state index in [9.17, 15) is 0 Å². The fraction of sp³-hybridized carbons (Fsp3) is 1.00. The van der Waals surface area contributed by atoms with E-state index in [0.717, 1.165) is 17.8 Å². The molecule has 0 saturated heterocycles. The molecule has 0 radical (unpaired) electrons. The van der Waals surface area contributed by atoms with Crippen LogP contribution < -0.4 is 0 Å². The molecule has 0 heterocycles. The molecule has 0 N–H and O–H groups in total. The van der Waals surface area contributed by atoms with Crippen molar-refractivity contribution in [1.82, 2.24) is 0 Å². The third kappa shape index (κ3) is 1.26. The van der Waals surface area contributed by atoms with Gasteiger partial charge in [-0.15, -0.1) is 0 Å². The predicted molar refractivity (Wildman–Crippen MR) is 64.3 cm³/mol. The van der Waals surface area contributed by atoms with Crippen molar-refractivity contribution in [2.75, 3.05) is 0 Å². The molecule has 0 aromatic carbocycles. The highest BCUT2D eigenvalue weighted by Crippen LogP contribution is 2.68. The number of hydrogen-bond donors (Lipinski definition) is 0. The largest absolute Gasteiger partial charge is 0.0651 e. The second-order valence-corrected chi connectivity index (χ2v) is 6.26. The lowest BCUT2D eigenvalue weighted by Crippen LogP contribution is -2.62. The Balaban J connectivity index is 2.96. The van der Waals surface area contributed by atoms with E-state index in [-0.39, 0.29) is 0 Å². The van der Waals surface area contributed by atoms with Crippen LogP contribution in [0.2, 0.25) is 0 Å². The van der Waals surface area contributed by atoms with Gasteiger partial charge in [-0.25, -0.2) is 0 Å². The zero-order valence-corrected chi connectivity index (χ0v) is 11.1. The van der Waals surface area contributed by atoms with E-state index < -0.39 is 0 Å². The van der Waals surface area contributed by atoms with Gasteiger partial charge in [0.1, 0.15) is 0 Å². The summed E-state index contributed by atoms with van der Waals surface area (Å²) in [7, 11) is 0. The van der Waals surface area contributed by atoms with E-state index in [1.807, 2.05) is 0 Å². The van der Waals surface area contributed by atoms with E-state index >= 15 is 0 Å². The Kier molecular flexibility index (Phi) is 3.05. The van der Waals surface area contributed by atoms with Gasteiger partial charge >= 0.3 is 0 Å². The molecule has 0 aromatic heterocycles. The third-order valence-corrected chi connectivity index (χ3v) is 5.36. The molecule has 0 spiro atoms. The Morgan fingerprint density at radius 1 is 0.929 bits per heavy atom. The summed E-state index contributed by atoms with van der Waals surface area (Å²) < 4.78 is 0. The highest BCUT2D eigenvalue weighted by atomic mass is 14.7. The van der Waals surface area contributed by atoms with Crippen molar-refractivity contribution >= 4 is 0 Å². The molecule has 1 saturated carbocycles. The second-order valence-electron chi connectivity index (χ2n) is 6.26. The molecule has 0 aromatic rings. The van der Waals surface area contributed by atoms with Gasteiger partial charge < -0.3 is 0 Å². The monoisotopic (exact) mass is 196 g/mol. The smallest absolute Gasteiger partial charge is 0.0236 e. The molecule has 1 aliphatic carbocycles. The molecule has 0 nitrogen and oxygen atoms in total. The molecule has 2 unspecified atom stereocenters. The molecule has 0 heteroatoms. The highest BCUT2D eigenvalue weighted by molar-refractivity contribution is 5.10. The maximum Gasteiger partial charge on any atom is -0.0236 e. The normalized spacial score (nSPS) is 41.1. The van der Waals surface area contributed by atoms with Crippen LogP contribution in [0.25, 0.3) is 0 Å².